The van der Waals surface area contributed by atoms with Gasteiger partial charge in [-0.2, -0.15) is 9.97 Å². The first kappa shape index (κ1) is 23.3. The molecule has 4 nitrogen and oxygen atoms in total. The molecule has 3 aromatic heterocycles. The second-order valence-electron chi connectivity index (χ2n) is 10.5. The topological polar surface area (TPSA) is 43.6 Å². The minimum atomic E-state index is 0.609. The number of hydrogen-bond acceptors (Lipinski definition) is 4. The van der Waals surface area contributed by atoms with Gasteiger partial charge in [-0.05, 0) is 41.1 Å². The lowest BCUT2D eigenvalue weighted by Crippen LogP contribution is -2.06. The van der Waals surface area contributed by atoms with Crippen LogP contribution in [0.25, 0.3) is 81.5 Å². The van der Waals surface area contributed by atoms with Gasteiger partial charge in [0.2, 0.25) is 5.95 Å². The molecule has 0 aliphatic carbocycles. The molecule has 0 unspecified atom stereocenters. The first-order valence-corrected chi connectivity index (χ1v) is 14.8. The van der Waals surface area contributed by atoms with Crippen molar-refractivity contribution in [1.82, 2.24) is 19.5 Å². The number of nitrogens with zero attached hydrogens (tertiary/aromatic N) is 4. The molecule has 0 saturated carbocycles. The van der Waals surface area contributed by atoms with Crippen molar-refractivity contribution in [2.75, 3.05) is 0 Å². The van der Waals surface area contributed by atoms with Crippen LogP contribution in [0.15, 0.2) is 133 Å². The molecule has 0 spiro atoms. The molecule has 0 N–H and O–H groups in total. The summed E-state index contributed by atoms with van der Waals surface area (Å²) in [4.78, 5) is 15.1. The molecule has 5 heteroatoms. The monoisotopic (exact) mass is 554 g/mol. The second kappa shape index (κ2) is 9.06. The summed E-state index contributed by atoms with van der Waals surface area (Å²) in [7, 11) is 0. The van der Waals surface area contributed by atoms with Crippen molar-refractivity contribution in [3.8, 4) is 28.7 Å². The van der Waals surface area contributed by atoms with Gasteiger partial charge in [0.1, 0.15) is 0 Å². The zero-order chi connectivity index (χ0) is 27.6. The molecule has 0 atom stereocenters. The van der Waals surface area contributed by atoms with Gasteiger partial charge in [-0.15, -0.1) is 11.3 Å². The summed E-state index contributed by atoms with van der Waals surface area (Å²) in [5.41, 5.74) is 4.07. The number of fused-ring (bicyclic) bond motifs is 7. The van der Waals surface area contributed by atoms with E-state index in [4.69, 9.17) is 15.0 Å². The number of aromatic nitrogens is 4. The van der Waals surface area contributed by atoms with Crippen molar-refractivity contribution in [2.45, 2.75) is 0 Å². The molecule has 0 aliphatic heterocycles. The van der Waals surface area contributed by atoms with Gasteiger partial charge in [0.15, 0.2) is 11.6 Å². The van der Waals surface area contributed by atoms with E-state index in [0.29, 0.717) is 17.6 Å². The van der Waals surface area contributed by atoms with Crippen LogP contribution in [0.4, 0.5) is 0 Å². The SMILES string of the molecule is c1ccc(-c2nc(-c3ccccc3)nc(-n3c4ccccc4c4cc5sc6cc7ccccc7cc6c5cc43)n2)cc1. The smallest absolute Gasteiger partial charge is 0.238 e. The predicted octanol–water partition coefficient (Wildman–Crippen LogP) is 9.82. The first-order valence-electron chi connectivity index (χ1n) is 14.0. The molecule has 9 rings (SSSR count). The fourth-order valence-corrected chi connectivity index (χ4v) is 7.19. The number of para-hydroxylation sites is 1. The lowest BCUT2D eigenvalue weighted by atomic mass is 10.1. The Balaban J connectivity index is 1.38. The van der Waals surface area contributed by atoms with Crippen molar-refractivity contribution >= 4 is 64.1 Å². The largest absolute Gasteiger partial charge is 0.278 e. The molecular formula is C37H22N4S. The Morgan fingerprint density at radius 2 is 1.00 bits per heavy atom. The number of rotatable bonds is 3. The first-order chi connectivity index (χ1) is 20.8. The molecule has 0 amide bonds. The zero-order valence-electron chi connectivity index (χ0n) is 22.4. The van der Waals surface area contributed by atoms with Crippen LogP contribution in [0.3, 0.4) is 0 Å². The van der Waals surface area contributed by atoms with Crippen LogP contribution in [0, 0.1) is 0 Å². The lowest BCUT2D eigenvalue weighted by Gasteiger charge is -2.11. The minimum Gasteiger partial charge on any atom is -0.278 e. The third-order valence-electron chi connectivity index (χ3n) is 8.02. The average Bonchev–Trinajstić information content (AvgIpc) is 3.57. The van der Waals surface area contributed by atoms with Crippen LogP contribution in [-0.2, 0) is 0 Å². The maximum absolute atomic E-state index is 5.09. The molecule has 3 heterocycles. The number of thiophene rings is 1. The van der Waals surface area contributed by atoms with Gasteiger partial charge in [-0.3, -0.25) is 4.57 Å². The number of benzene rings is 6. The summed E-state index contributed by atoms with van der Waals surface area (Å²) in [6.45, 7) is 0. The van der Waals surface area contributed by atoms with E-state index in [1.807, 2.05) is 72.0 Å². The fourth-order valence-electron chi connectivity index (χ4n) is 6.04. The van der Waals surface area contributed by atoms with Crippen LogP contribution in [-0.4, -0.2) is 19.5 Å². The Labute approximate surface area is 245 Å². The van der Waals surface area contributed by atoms with Gasteiger partial charge in [-0.25, -0.2) is 4.98 Å². The van der Waals surface area contributed by atoms with E-state index in [0.717, 1.165) is 22.2 Å². The molecule has 0 aliphatic rings. The van der Waals surface area contributed by atoms with Gasteiger partial charge >= 0.3 is 0 Å². The van der Waals surface area contributed by atoms with Crippen molar-refractivity contribution < 1.29 is 0 Å². The Kier molecular flexibility index (Phi) is 5.03. The third kappa shape index (κ3) is 3.57. The van der Waals surface area contributed by atoms with E-state index < -0.39 is 0 Å². The van der Waals surface area contributed by atoms with Crippen LogP contribution < -0.4 is 0 Å². The van der Waals surface area contributed by atoms with Gasteiger partial charge in [0.05, 0.1) is 11.0 Å². The highest BCUT2D eigenvalue weighted by Gasteiger charge is 2.19. The Morgan fingerprint density at radius 3 is 1.71 bits per heavy atom. The van der Waals surface area contributed by atoms with Crippen LogP contribution in [0.1, 0.15) is 0 Å². The fraction of sp³-hybridized carbons (Fsp3) is 0. The highest BCUT2D eigenvalue weighted by atomic mass is 32.1. The van der Waals surface area contributed by atoms with Gasteiger partial charge < -0.3 is 0 Å². The molecule has 196 valence electrons. The van der Waals surface area contributed by atoms with Crippen molar-refractivity contribution in [1.29, 1.82) is 0 Å². The highest BCUT2D eigenvalue weighted by molar-refractivity contribution is 7.26. The summed E-state index contributed by atoms with van der Waals surface area (Å²) < 4.78 is 4.78. The predicted molar refractivity (Wildman–Crippen MR) is 175 cm³/mol. The molecule has 9 aromatic rings. The van der Waals surface area contributed by atoms with Gasteiger partial charge in [0.25, 0.3) is 0 Å². The lowest BCUT2D eigenvalue weighted by molar-refractivity contribution is 0.954. The number of hydrogen-bond donors (Lipinski definition) is 0. The second-order valence-corrected chi connectivity index (χ2v) is 11.6. The summed E-state index contributed by atoms with van der Waals surface area (Å²) in [5.74, 6) is 1.91. The van der Waals surface area contributed by atoms with Gasteiger partial charge in [0, 0.05) is 42.1 Å². The van der Waals surface area contributed by atoms with Crippen molar-refractivity contribution in [3.05, 3.63) is 133 Å². The Bertz CT molecular complexity index is 2400. The van der Waals surface area contributed by atoms with Crippen molar-refractivity contribution in [3.63, 3.8) is 0 Å². The minimum absolute atomic E-state index is 0.609. The van der Waals surface area contributed by atoms with E-state index in [-0.39, 0.29) is 0 Å². The summed E-state index contributed by atoms with van der Waals surface area (Å²) in [5, 5.41) is 7.42. The molecule has 0 fully saturated rings. The molecule has 0 saturated heterocycles. The standard InChI is InChI=1S/C37H22N4S/c1-3-11-23(12-4-1)35-38-36(24-13-5-2-6-14-24)40-37(39-35)41-31-18-10-9-17-27(31)28-22-34-30(21-32(28)41)29-19-25-15-7-8-16-26(25)20-33(29)42-34/h1-22H. The van der Waals surface area contributed by atoms with E-state index in [1.54, 1.807) is 0 Å². The van der Waals surface area contributed by atoms with Crippen LogP contribution in [0.5, 0.6) is 0 Å². The van der Waals surface area contributed by atoms with E-state index >= 15 is 0 Å². The Hall–Kier alpha value is -5.39. The van der Waals surface area contributed by atoms with E-state index in [2.05, 4.69) is 77.4 Å². The molecule has 0 radical (unpaired) electrons. The maximum Gasteiger partial charge on any atom is 0.238 e. The van der Waals surface area contributed by atoms with E-state index in [1.165, 1.54) is 41.7 Å². The van der Waals surface area contributed by atoms with Gasteiger partial charge in [-0.1, -0.05) is 103 Å². The quantitative estimate of drug-likeness (QED) is 0.218. The zero-order valence-corrected chi connectivity index (χ0v) is 23.2. The maximum atomic E-state index is 5.09. The highest BCUT2D eigenvalue weighted by Crippen LogP contribution is 2.41. The third-order valence-corrected chi connectivity index (χ3v) is 9.13. The molecule has 42 heavy (non-hydrogen) atoms. The summed E-state index contributed by atoms with van der Waals surface area (Å²) in [6, 6.07) is 46.7. The Morgan fingerprint density at radius 1 is 0.429 bits per heavy atom. The van der Waals surface area contributed by atoms with Crippen LogP contribution >= 0.6 is 11.3 Å². The molecule has 6 aromatic carbocycles. The molecular weight excluding hydrogens is 533 g/mol. The van der Waals surface area contributed by atoms with Crippen LogP contribution in [0.2, 0.25) is 0 Å². The average molecular weight is 555 g/mol. The summed E-state index contributed by atoms with van der Waals surface area (Å²) in [6.07, 6.45) is 0. The normalized spacial score (nSPS) is 11.8. The summed E-state index contributed by atoms with van der Waals surface area (Å²) >= 11 is 1.85. The molecule has 0 bridgehead atoms. The van der Waals surface area contributed by atoms with Crippen molar-refractivity contribution in [2.24, 2.45) is 0 Å². The van der Waals surface area contributed by atoms with E-state index in [9.17, 15) is 0 Å².